The van der Waals surface area contributed by atoms with Crippen LogP contribution in [0, 0.1) is 5.82 Å². The van der Waals surface area contributed by atoms with Crippen molar-refractivity contribution in [3.8, 4) is 11.5 Å². The van der Waals surface area contributed by atoms with E-state index in [0.29, 0.717) is 22.5 Å². The van der Waals surface area contributed by atoms with E-state index >= 15 is 0 Å². The van der Waals surface area contributed by atoms with Crippen LogP contribution in [0.4, 0.5) is 4.39 Å². The van der Waals surface area contributed by atoms with Crippen LogP contribution in [0.1, 0.15) is 5.69 Å². The number of pyridine rings is 1. The Kier molecular flexibility index (Phi) is 4.28. The third kappa shape index (κ3) is 3.27. The maximum absolute atomic E-state index is 12.9. The topological polar surface area (TPSA) is 34.1 Å². The highest BCUT2D eigenvalue weighted by Gasteiger charge is 2.05. The molecule has 2 rings (SSSR count). The van der Waals surface area contributed by atoms with Gasteiger partial charge in [-0.2, -0.15) is 0 Å². The van der Waals surface area contributed by atoms with Crippen LogP contribution in [0.15, 0.2) is 41.0 Å². The van der Waals surface area contributed by atoms with E-state index in [4.69, 9.17) is 4.74 Å². The van der Waals surface area contributed by atoms with Gasteiger partial charge < -0.3 is 10.1 Å². The van der Waals surface area contributed by atoms with Crippen molar-refractivity contribution >= 4 is 15.9 Å². The first-order chi connectivity index (χ1) is 8.69. The molecular weight excluding hydrogens is 299 g/mol. The standard InChI is InChI=1S/C13H12BrFN2O/c1-16-8-10-7-11(4-5-17-10)18-13-3-2-9(15)6-12(13)14/h2-7,16H,8H2,1H3. The van der Waals surface area contributed by atoms with Gasteiger partial charge in [-0.05, 0) is 47.2 Å². The SMILES string of the molecule is CNCc1cc(Oc2ccc(F)cc2Br)ccn1. The van der Waals surface area contributed by atoms with Crippen molar-refractivity contribution in [2.75, 3.05) is 7.05 Å². The summed E-state index contributed by atoms with van der Waals surface area (Å²) in [5.74, 6) is 0.931. The van der Waals surface area contributed by atoms with E-state index in [0.717, 1.165) is 5.69 Å². The Morgan fingerprint density at radius 3 is 2.89 bits per heavy atom. The van der Waals surface area contributed by atoms with Crippen LogP contribution in [0.25, 0.3) is 0 Å². The molecule has 0 saturated heterocycles. The van der Waals surface area contributed by atoms with Crippen molar-refractivity contribution in [2.45, 2.75) is 6.54 Å². The quantitative estimate of drug-likeness (QED) is 0.938. The van der Waals surface area contributed by atoms with E-state index in [9.17, 15) is 4.39 Å². The molecule has 0 aliphatic carbocycles. The first kappa shape index (κ1) is 13.0. The highest BCUT2D eigenvalue weighted by Crippen LogP contribution is 2.30. The number of halogens is 2. The van der Waals surface area contributed by atoms with Gasteiger partial charge in [-0.1, -0.05) is 0 Å². The van der Waals surface area contributed by atoms with Crippen LogP contribution in [0.2, 0.25) is 0 Å². The van der Waals surface area contributed by atoms with Crippen LogP contribution in [-0.4, -0.2) is 12.0 Å². The van der Waals surface area contributed by atoms with Gasteiger partial charge in [0.2, 0.25) is 0 Å². The fourth-order valence-corrected chi connectivity index (χ4v) is 1.91. The lowest BCUT2D eigenvalue weighted by Crippen LogP contribution is -2.06. The number of hydrogen-bond acceptors (Lipinski definition) is 3. The molecule has 3 nitrogen and oxygen atoms in total. The summed E-state index contributed by atoms with van der Waals surface area (Å²) < 4.78 is 19.2. The van der Waals surface area contributed by atoms with Crippen LogP contribution >= 0.6 is 15.9 Å². The zero-order valence-corrected chi connectivity index (χ0v) is 11.4. The number of benzene rings is 1. The van der Waals surface area contributed by atoms with Gasteiger partial charge in [0.05, 0.1) is 10.2 Å². The zero-order valence-electron chi connectivity index (χ0n) is 9.78. The maximum atomic E-state index is 12.9. The van der Waals surface area contributed by atoms with Crippen LogP contribution in [0.3, 0.4) is 0 Å². The fraction of sp³-hybridized carbons (Fsp3) is 0.154. The normalized spacial score (nSPS) is 10.4. The Morgan fingerprint density at radius 1 is 1.33 bits per heavy atom. The molecule has 0 amide bonds. The summed E-state index contributed by atoms with van der Waals surface area (Å²) in [4.78, 5) is 4.19. The largest absolute Gasteiger partial charge is 0.456 e. The van der Waals surface area contributed by atoms with Gasteiger partial charge in [0.25, 0.3) is 0 Å². The second-order valence-corrected chi connectivity index (χ2v) is 4.54. The van der Waals surface area contributed by atoms with Crippen molar-refractivity contribution in [3.63, 3.8) is 0 Å². The molecule has 0 aliphatic heterocycles. The molecule has 2 aromatic rings. The zero-order chi connectivity index (χ0) is 13.0. The number of ether oxygens (including phenoxy) is 1. The second kappa shape index (κ2) is 5.93. The van der Waals surface area contributed by atoms with Gasteiger partial charge in [0, 0.05) is 18.8 Å². The maximum Gasteiger partial charge on any atom is 0.141 e. The van der Waals surface area contributed by atoms with Gasteiger partial charge in [-0.3, -0.25) is 4.98 Å². The fourth-order valence-electron chi connectivity index (χ4n) is 1.48. The summed E-state index contributed by atoms with van der Waals surface area (Å²) in [6, 6.07) is 7.90. The van der Waals surface area contributed by atoms with Gasteiger partial charge in [0.15, 0.2) is 0 Å². The van der Waals surface area contributed by atoms with E-state index in [1.54, 1.807) is 18.3 Å². The predicted molar refractivity (Wildman–Crippen MR) is 71.2 cm³/mol. The summed E-state index contributed by atoms with van der Waals surface area (Å²) in [7, 11) is 1.85. The molecule has 0 unspecified atom stereocenters. The summed E-state index contributed by atoms with van der Waals surface area (Å²) in [6.07, 6.45) is 1.68. The smallest absolute Gasteiger partial charge is 0.141 e. The number of aromatic nitrogens is 1. The van der Waals surface area contributed by atoms with Crippen molar-refractivity contribution in [3.05, 3.63) is 52.5 Å². The molecule has 18 heavy (non-hydrogen) atoms. The molecule has 94 valence electrons. The number of rotatable bonds is 4. The van der Waals surface area contributed by atoms with E-state index in [1.807, 2.05) is 13.1 Å². The molecule has 1 heterocycles. The van der Waals surface area contributed by atoms with E-state index in [-0.39, 0.29) is 5.82 Å². The van der Waals surface area contributed by atoms with Crippen molar-refractivity contribution in [2.24, 2.45) is 0 Å². The van der Waals surface area contributed by atoms with Crippen LogP contribution in [-0.2, 0) is 6.54 Å². The number of nitrogens with one attached hydrogen (secondary N) is 1. The van der Waals surface area contributed by atoms with E-state index in [1.165, 1.54) is 12.1 Å². The van der Waals surface area contributed by atoms with E-state index in [2.05, 4.69) is 26.2 Å². The molecule has 0 saturated carbocycles. The number of hydrogen-bond donors (Lipinski definition) is 1. The molecule has 0 bridgehead atoms. The highest BCUT2D eigenvalue weighted by atomic mass is 79.9. The average Bonchev–Trinajstić information content (AvgIpc) is 2.34. The molecule has 0 radical (unpaired) electrons. The summed E-state index contributed by atoms with van der Waals surface area (Å²) in [6.45, 7) is 0.668. The molecule has 1 aromatic heterocycles. The highest BCUT2D eigenvalue weighted by molar-refractivity contribution is 9.10. The molecule has 0 spiro atoms. The van der Waals surface area contributed by atoms with Crippen molar-refractivity contribution < 1.29 is 9.13 Å². The Labute approximate surface area is 113 Å². The van der Waals surface area contributed by atoms with Crippen molar-refractivity contribution in [1.82, 2.24) is 10.3 Å². The lowest BCUT2D eigenvalue weighted by molar-refractivity contribution is 0.475. The molecule has 0 aliphatic rings. The van der Waals surface area contributed by atoms with Crippen LogP contribution < -0.4 is 10.1 Å². The third-order valence-corrected chi connectivity index (χ3v) is 2.89. The Morgan fingerprint density at radius 2 is 2.17 bits per heavy atom. The minimum atomic E-state index is -0.306. The van der Waals surface area contributed by atoms with Gasteiger partial charge in [0.1, 0.15) is 17.3 Å². The Hall–Kier alpha value is -1.46. The molecular formula is C13H12BrFN2O. The lowest BCUT2D eigenvalue weighted by atomic mass is 10.3. The van der Waals surface area contributed by atoms with Gasteiger partial charge >= 0.3 is 0 Å². The minimum Gasteiger partial charge on any atom is -0.456 e. The predicted octanol–water partition coefficient (Wildman–Crippen LogP) is 3.49. The lowest BCUT2D eigenvalue weighted by Gasteiger charge is -2.08. The number of nitrogens with zero attached hydrogens (tertiary/aromatic N) is 1. The molecule has 1 N–H and O–H groups in total. The Balaban J connectivity index is 2.20. The van der Waals surface area contributed by atoms with Gasteiger partial charge in [-0.15, -0.1) is 0 Å². The van der Waals surface area contributed by atoms with Crippen molar-refractivity contribution in [1.29, 1.82) is 0 Å². The first-order valence-corrected chi connectivity index (χ1v) is 6.21. The first-order valence-electron chi connectivity index (χ1n) is 5.41. The molecule has 0 atom stereocenters. The third-order valence-electron chi connectivity index (χ3n) is 2.27. The van der Waals surface area contributed by atoms with Crippen LogP contribution in [0.5, 0.6) is 11.5 Å². The monoisotopic (exact) mass is 310 g/mol. The Bertz CT molecular complexity index is 548. The second-order valence-electron chi connectivity index (χ2n) is 3.69. The van der Waals surface area contributed by atoms with E-state index < -0.39 is 0 Å². The average molecular weight is 311 g/mol. The summed E-state index contributed by atoms with van der Waals surface area (Å²) >= 11 is 3.26. The summed E-state index contributed by atoms with van der Waals surface area (Å²) in [5.41, 5.74) is 0.883. The molecule has 0 fully saturated rings. The summed E-state index contributed by atoms with van der Waals surface area (Å²) in [5, 5.41) is 3.02. The van der Waals surface area contributed by atoms with Gasteiger partial charge in [-0.25, -0.2) is 4.39 Å². The molecule has 1 aromatic carbocycles. The minimum absolute atomic E-state index is 0.306. The molecule has 5 heteroatoms.